The first kappa shape index (κ1) is 12.7. The van der Waals surface area contributed by atoms with Crippen molar-refractivity contribution in [2.75, 3.05) is 0 Å². The number of halogens is 2. The van der Waals surface area contributed by atoms with Crippen LogP contribution in [0.5, 0.6) is 0 Å². The summed E-state index contributed by atoms with van der Waals surface area (Å²) in [5.41, 5.74) is 2.47. The smallest absolute Gasteiger partial charge is 0.130 e. The van der Waals surface area contributed by atoms with Crippen LogP contribution in [0.25, 0.3) is 0 Å². The first-order valence-corrected chi connectivity index (χ1v) is 5.75. The van der Waals surface area contributed by atoms with Crippen LogP contribution in [0.3, 0.4) is 0 Å². The van der Waals surface area contributed by atoms with Gasteiger partial charge in [-0.15, -0.1) is 0 Å². The predicted octanol–water partition coefficient (Wildman–Crippen LogP) is 2.85. The number of nitrogens with one attached hydrogen (secondary N) is 2. The Morgan fingerprint density at radius 2 is 2.17 bits per heavy atom. The number of H-pyrrole nitrogens is 1. The molecule has 1 aromatic heterocycles. The van der Waals surface area contributed by atoms with Crippen LogP contribution in [-0.4, -0.2) is 10.2 Å². The summed E-state index contributed by atoms with van der Waals surface area (Å²) in [5, 5.41) is 9.93. The maximum atomic E-state index is 13.5. The van der Waals surface area contributed by atoms with E-state index in [1.54, 1.807) is 6.20 Å². The molecule has 96 valence electrons. The standard InChI is InChI=1S/C13H15F2N3/c1-8-10(7-17-18-8)6-16-9(2)12-4-3-11(14)5-13(12)15/h3-5,7,9,16H,6H2,1-2H3,(H,17,18)/t9-/m1/s1. The van der Waals surface area contributed by atoms with E-state index in [2.05, 4.69) is 15.5 Å². The molecule has 2 aromatic rings. The van der Waals surface area contributed by atoms with Gasteiger partial charge in [0.15, 0.2) is 0 Å². The summed E-state index contributed by atoms with van der Waals surface area (Å²) in [6.45, 7) is 4.35. The second-order valence-corrected chi connectivity index (χ2v) is 4.29. The van der Waals surface area contributed by atoms with Gasteiger partial charge in [0.05, 0.1) is 6.20 Å². The van der Waals surface area contributed by atoms with Gasteiger partial charge in [-0.25, -0.2) is 8.78 Å². The van der Waals surface area contributed by atoms with Crippen molar-refractivity contribution in [2.45, 2.75) is 26.4 Å². The molecule has 0 fully saturated rings. The molecular formula is C13H15F2N3. The van der Waals surface area contributed by atoms with Crippen LogP contribution < -0.4 is 5.32 Å². The molecule has 1 heterocycles. The van der Waals surface area contributed by atoms with Crippen LogP contribution in [0.2, 0.25) is 0 Å². The summed E-state index contributed by atoms with van der Waals surface area (Å²) in [6.07, 6.45) is 1.73. The molecule has 0 amide bonds. The molecule has 0 saturated heterocycles. The molecule has 0 spiro atoms. The fraction of sp³-hybridized carbons (Fsp3) is 0.308. The highest BCUT2D eigenvalue weighted by Crippen LogP contribution is 2.18. The van der Waals surface area contributed by atoms with Crippen molar-refractivity contribution < 1.29 is 8.78 Å². The topological polar surface area (TPSA) is 40.7 Å². The molecule has 3 nitrogen and oxygen atoms in total. The Hall–Kier alpha value is -1.75. The Morgan fingerprint density at radius 1 is 1.39 bits per heavy atom. The number of aromatic nitrogens is 2. The van der Waals surface area contributed by atoms with E-state index in [-0.39, 0.29) is 6.04 Å². The van der Waals surface area contributed by atoms with E-state index < -0.39 is 11.6 Å². The minimum absolute atomic E-state index is 0.195. The first-order valence-electron chi connectivity index (χ1n) is 5.75. The molecule has 2 rings (SSSR count). The van der Waals surface area contributed by atoms with E-state index >= 15 is 0 Å². The summed E-state index contributed by atoms with van der Waals surface area (Å²) < 4.78 is 26.3. The highest BCUT2D eigenvalue weighted by molar-refractivity contribution is 5.22. The molecule has 0 unspecified atom stereocenters. The summed E-state index contributed by atoms with van der Waals surface area (Å²) in [4.78, 5) is 0. The van der Waals surface area contributed by atoms with Gasteiger partial charge in [0.2, 0.25) is 0 Å². The lowest BCUT2D eigenvalue weighted by Crippen LogP contribution is -2.19. The van der Waals surface area contributed by atoms with Crippen LogP contribution in [0.1, 0.15) is 29.8 Å². The molecule has 2 N–H and O–H groups in total. The Balaban J connectivity index is 2.03. The zero-order valence-corrected chi connectivity index (χ0v) is 10.3. The zero-order valence-electron chi connectivity index (χ0n) is 10.3. The van der Waals surface area contributed by atoms with E-state index in [4.69, 9.17) is 0 Å². The van der Waals surface area contributed by atoms with Crippen LogP contribution in [0.4, 0.5) is 8.78 Å². The van der Waals surface area contributed by atoms with Crippen LogP contribution in [0.15, 0.2) is 24.4 Å². The Kier molecular flexibility index (Phi) is 3.72. The van der Waals surface area contributed by atoms with Crippen LogP contribution >= 0.6 is 0 Å². The van der Waals surface area contributed by atoms with E-state index in [0.29, 0.717) is 12.1 Å². The van der Waals surface area contributed by atoms with Crippen molar-refractivity contribution in [1.29, 1.82) is 0 Å². The normalized spacial score (nSPS) is 12.7. The lowest BCUT2D eigenvalue weighted by Gasteiger charge is -2.14. The fourth-order valence-electron chi connectivity index (χ4n) is 1.78. The van der Waals surface area contributed by atoms with Gasteiger partial charge in [-0.2, -0.15) is 5.10 Å². The van der Waals surface area contributed by atoms with Gasteiger partial charge >= 0.3 is 0 Å². The minimum atomic E-state index is -0.561. The average molecular weight is 251 g/mol. The Morgan fingerprint density at radius 3 is 2.78 bits per heavy atom. The summed E-state index contributed by atoms with van der Waals surface area (Å²) in [5.74, 6) is -1.09. The van der Waals surface area contributed by atoms with Crippen molar-refractivity contribution in [3.63, 3.8) is 0 Å². The second kappa shape index (κ2) is 5.27. The molecule has 0 saturated carbocycles. The largest absolute Gasteiger partial charge is 0.306 e. The molecule has 0 aliphatic carbocycles. The number of rotatable bonds is 4. The van der Waals surface area contributed by atoms with Crippen molar-refractivity contribution in [2.24, 2.45) is 0 Å². The van der Waals surface area contributed by atoms with E-state index in [1.807, 2.05) is 13.8 Å². The third kappa shape index (κ3) is 2.73. The van der Waals surface area contributed by atoms with Gasteiger partial charge < -0.3 is 5.32 Å². The molecule has 18 heavy (non-hydrogen) atoms. The predicted molar refractivity (Wildman–Crippen MR) is 64.9 cm³/mol. The second-order valence-electron chi connectivity index (χ2n) is 4.29. The van der Waals surface area contributed by atoms with Gasteiger partial charge in [-0.1, -0.05) is 6.07 Å². The van der Waals surface area contributed by atoms with Gasteiger partial charge in [-0.3, -0.25) is 5.10 Å². The summed E-state index contributed by atoms with van der Waals surface area (Å²) >= 11 is 0. The van der Waals surface area contributed by atoms with E-state index in [9.17, 15) is 8.78 Å². The van der Waals surface area contributed by atoms with Crippen LogP contribution in [-0.2, 0) is 6.54 Å². The Bertz CT molecular complexity index is 537. The number of benzene rings is 1. The number of nitrogens with zero attached hydrogens (tertiary/aromatic N) is 1. The lowest BCUT2D eigenvalue weighted by atomic mass is 10.1. The van der Waals surface area contributed by atoms with Crippen molar-refractivity contribution in [3.8, 4) is 0 Å². The zero-order chi connectivity index (χ0) is 13.1. The monoisotopic (exact) mass is 251 g/mol. The van der Waals surface area contributed by atoms with Crippen LogP contribution in [0, 0.1) is 18.6 Å². The quantitative estimate of drug-likeness (QED) is 0.877. The molecule has 0 aliphatic heterocycles. The van der Waals surface area contributed by atoms with Gasteiger partial charge in [0.25, 0.3) is 0 Å². The van der Waals surface area contributed by atoms with Crippen molar-refractivity contribution in [3.05, 3.63) is 52.9 Å². The number of hydrogen-bond acceptors (Lipinski definition) is 2. The molecule has 0 aliphatic rings. The number of hydrogen-bond donors (Lipinski definition) is 2. The fourth-order valence-corrected chi connectivity index (χ4v) is 1.78. The highest BCUT2D eigenvalue weighted by atomic mass is 19.1. The molecule has 0 bridgehead atoms. The van der Waals surface area contributed by atoms with Crippen molar-refractivity contribution in [1.82, 2.24) is 15.5 Å². The lowest BCUT2D eigenvalue weighted by molar-refractivity contribution is 0.517. The molecule has 0 radical (unpaired) electrons. The van der Waals surface area contributed by atoms with Crippen molar-refractivity contribution >= 4 is 0 Å². The average Bonchev–Trinajstić information content (AvgIpc) is 2.72. The van der Waals surface area contributed by atoms with Gasteiger partial charge in [-0.05, 0) is 19.9 Å². The summed E-state index contributed by atoms with van der Waals surface area (Å²) in [7, 11) is 0. The molecule has 5 heteroatoms. The molecule has 1 atom stereocenters. The third-order valence-electron chi connectivity index (χ3n) is 2.96. The third-order valence-corrected chi connectivity index (χ3v) is 2.96. The number of aryl methyl sites for hydroxylation is 1. The first-order chi connectivity index (χ1) is 8.58. The maximum Gasteiger partial charge on any atom is 0.130 e. The van der Waals surface area contributed by atoms with E-state index in [1.165, 1.54) is 12.1 Å². The maximum absolute atomic E-state index is 13.5. The summed E-state index contributed by atoms with van der Waals surface area (Å²) in [6, 6.07) is 3.43. The molecule has 1 aromatic carbocycles. The Labute approximate surface area is 104 Å². The van der Waals surface area contributed by atoms with Gasteiger partial charge in [0.1, 0.15) is 11.6 Å². The minimum Gasteiger partial charge on any atom is -0.306 e. The number of aromatic amines is 1. The van der Waals surface area contributed by atoms with E-state index in [0.717, 1.165) is 17.3 Å². The molecular weight excluding hydrogens is 236 g/mol. The highest BCUT2D eigenvalue weighted by Gasteiger charge is 2.11. The SMILES string of the molecule is Cc1[nH]ncc1CN[C@H](C)c1ccc(F)cc1F. The van der Waals surface area contributed by atoms with Gasteiger partial charge in [0, 0.05) is 35.5 Å².